The number of rotatable bonds is 7. The average molecular weight is 664 g/mol. The summed E-state index contributed by atoms with van der Waals surface area (Å²) < 4.78 is 12.6. The molecule has 0 saturated heterocycles. The molecule has 1 aliphatic rings. The molecule has 182 valence electrons. The molecule has 1 amide bonds. The maximum Gasteiger partial charge on any atom is 0.259 e. The summed E-state index contributed by atoms with van der Waals surface area (Å²) in [5.74, 6) is -0.992. The predicted molar refractivity (Wildman–Crippen MR) is 147 cm³/mol. The highest BCUT2D eigenvalue weighted by atomic mass is 79.9. The Morgan fingerprint density at radius 3 is 2.29 bits per heavy atom. The van der Waals surface area contributed by atoms with Crippen LogP contribution in [0.4, 0.5) is 15.8 Å². The number of amides is 1. The molecule has 1 fully saturated rings. The highest BCUT2D eigenvalue weighted by Gasteiger charge is 2.75. The van der Waals surface area contributed by atoms with Gasteiger partial charge in [-0.2, -0.15) is 0 Å². The van der Waals surface area contributed by atoms with Crippen molar-refractivity contribution in [1.82, 2.24) is 0 Å². The second kappa shape index (κ2) is 10.0. The zero-order valence-corrected chi connectivity index (χ0v) is 23.6. The number of anilines is 2. The van der Waals surface area contributed by atoms with Crippen molar-refractivity contribution in [1.29, 1.82) is 0 Å². The van der Waals surface area contributed by atoms with Crippen LogP contribution < -0.4 is 10.2 Å². The lowest BCUT2D eigenvalue weighted by atomic mass is 10.00. The number of carbonyl (C=O) groups is 2. The third-order valence-corrected chi connectivity index (χ3v) is 9.30. The molecule has 0 spiro atoms. The number of halogens is 6. The van der Waals surface area contributed by atoms with Crippen molar-refractivity contribution in [2.75, 3.05) is 23.8 Å². The molecule has 3 aromatic rings. The molecule has 1 aliphatic carbocycles. The minimum atomic E-state index is -0.851. The summed E-state index contributed by atoms with van der Waals surface area (Å²) in [6.07, 6.45) is 0.896. The van der Waals surface area contributed by atoms with Gasteiger partial charge in [0, 0.05) is 40.9 Å². The summed E-state index contributed by atoms with van der Waals surface area (Å²) in [4.78, 5) is 26.8. The van der Waals surface area contributed by atoms with Gasteiger partial charge in [0.15, 0.2) is 0 Å². The second-order valence-electron chi connectivity index (χ2n) is 8.31. The minimum Gasteiger partial charge on any atom is -0.384 e. The van der Waals surface area contributed by atoms with Crippen LogP contribution >= 0.6 is 66.7 Å². The van der Waals surface area contributed by atoms with Crippen molar-refractivity contribution < 1.29 is 14.0 Å². The fourth-order valence-corrected chi connectivity index (χ4v) is 6.93. The Kier molecular flexibility index (Phi) is 7.56. The molecular formula is C25H18Br2Cl3FN2O2. The summed E-state index contributed by atoms with van der Waals surface area (Å²) in [5, 5.41) is 4.49. The van der Waals surface area contributed by atoms with E-state index in [1.165, 1.54) is 29.2 Å². The van der Waals surface area contributed by atoms with E-state index in [2.05, 4.69) is 37.2 Å². The molecule has 35 heavy (non-hydrogen) atoms. The standard InChI is InChI=1S/C25H18Br2Cl3FN2O2/c1-33(19-5-2-17(31)3-6-19)23(35)20-11-18(4-7-21(20)30)32-12-24(13-34)22(25(24,26)27)14-8-15(28)10-16(29)9-14/h2-11,13,22,32H,12H2,1H3. The van der Waals surface area contributed by atoms with Crippen LogP contribution in [0.2, 0.25) is 15.1 Å². The molecule has 0 heterocycles. The molecule has 4 nitrogen and oxygen atoms in total. The number of alkyl halides is 2. The van der Waals surface area contributed by atoms with E-state index in [9.17, 15) is 14.0 Å². The third kappa shape index (κ3) is 4.98. The van der Waals surface area contributed by atoms with Gasteiger partial charge in [0.05, 0.1) is 16.0 Å². The number of nitrogens with zero attached hydrogens (tertiary/aromatic N) is 1. The summed E-state index contributed by atoms with van der Waals surface area (Å²) in [6, 6.07) is 15.8. The molecule has 0 radical (unpaired) electrons. The first-order chi connectivity index (χ1) is 16.5. The molecule has 0 aliphatic heterocycles. The van der Waals surface area contributed by atoms with Gasteiger partial charge in [-0.25, -0.2) is 4.39 Å². The van der Waals surface area contributed by atoms with Crippen LogP contribution in [0.25, 0.3) is 0 Å². The van der Waals surface area contributed by atoms with E-state index in [0.29, 0.717) is 21.4 Å². The first kappa shape index (κ1) is 26.4. The summed E-state index contributed by atoms with van der Waals surface area (Å²) in [7, 11) is 1.59. The lowest BCUT2D eigenvalue weighted by molar-refractivity contribution is -0.111. The zero-order chi connectivity index (χ0) is 25.5. The predicted octanol–water partition coefficient (Wildman–Crippen LogP) is 7.94. The number of hydrogen-bond acceptors (Lipinski definition) is 3. The van der Waals surface area contributed by atoms with E-state index in [0.717, 1.165) is 11.8 Å². The summed E-state index contributed by atoms with van der Waals surface area (Å²) in [5.41, 5.74) is 1.36. The van der Waals surface area contributed by atoms with Crippen molar-refractivity contribution in [2.24, 2.45) is 5.41 Å². The number of carbonyl (C=O) groups excluding carboxylic acids is 2. The van der Waals surface area contributed by atoms with E-state index < -0.39 is 14.5 Å². The monoisotopic (exact) mass is 660 g/mol. The van der Waals surface area contributed by atoms with Gasteiger partial charge in [0.25, 0.3) is 5.91 Å². The fourth-order valence-electron chi connectivity index (χ4n) is 4.14. The maximum atomic E-state index is 13.3. The van der Waals surface area contributed by atoms with Gasteiger partial charge in [0.2, 0.25) is 0 Å². The van der Waals surface area contributed by atoms with Crippen molar-refractivity contribution in [3.05, 3.63) is 92.7 Å². The first-order valence-electron chi connectivity index (χ1n) is 10.4. The largest absolute Gasteiger partial charge is 0.384 e. The van der Waals surface area contributed by atoms with Gasteiger partial charge < -0.3 is 15.0 Å². The Morgan fingerprint density at radius 2 is 1.69 bits per heavy atom. The van der Waals surface area contributed by atoms with Crippen LogP contribution in [-0.2, 0) is 4.79 Å². The van der Waals surface area contributed by atoms with Crippen molar-refractivity contribution in [3.8, 4) is 0 Å². The molecule has 0 bridgehead atoms. The molecule has 2 atom stereocenters. The summed E-state index contributed by atoms with van der Waals surface area (Å²) >= 11 is 26.0. The Bertz CT molecular complexity index is 1290. The number of aldehydes is 1. The van der Waals surface area contributed by atoms with Crippen molar-refractivity contribution in [2.45, 2.75) is 9.15 Å². The SMILES string of the molecule is CN(C(=O)c1cc(NCC2(C=O)C(c3cc(Cl)cc(Cl)c3)C2(Br)Br)ccc1Cl)c1ccc(F)cc1. The molecular weight excluding hydrogens is 645 g/mol. The highest BCUT2D eigenvalue weighted by molar-refractivity contribution is 9.25. The van der Waals surface area contributed by atoms with Gasteiger partial charge in [-0.05, 0) is 66.2 Å². The molecule has 1 N–H and O–H groups in total. The Hall–Kier alpha value is -1.64. The molecule has 4 rings (SSSR count). The number of nitrogens with one attached hydrogen (secondary N) is 1. The summed E-state index contributed by atoms with van der Waals surface area (Å²) in [6.45, 7) is 0.255. The van der Waals surface area contributed by atoms with Crippen molar-refractivity contribution >= 4 is 90.2 Å². The van der Waals surface area contributed by atoms with Gasteiger partial charge >= 0.3 is 0 Å². The maximum absolute atomic E-state index is 13.3. The van der Waals surface area contributed by atoms with Gasteiger partial charge in [-0.1, -0.05) is 66.7 Å². The normalized spacial score (nSPS) is 20.3. The van der Waals surface area contributed by atoms with Gasteiger partial charge in [-0.15, -0.1) is 0 Å². The van der Waals surface area contributed by atoms with Crippen LogP contribution in [0.3, 0.4) is 0 Å². The second-order valence-corrected chi connectivity index (χ2v) is 13.2. The average Bonchev–Trinajstić information content (AvgIpc) is 3.32. The lowest BCUT2D eigenvalue weighted by Crippen LogP contribution is -2.27. The minimum absolute atomic E-state index is 0.241. The topological polar surface area (TPSA) is 49.4 Å². The van der Waals surface area contributed by atoms with Crippen molar-refractivity contribution in [3.63, 3.8) is 0 Å². The Morgan fingerprint density at radius 1 is 1.06 bits per heavy atom. The van der Waals surface area contributed by atoms with Crippen LogP contribution in [0.15, 0.2) is 60.7 Å². The van der Waals surface area contributed by atoms with E-state index in [1.54, 1.807) is 43.4 Å². The fraction of sp³-hybridized carbons (Fsp3) is 0.200. The molecule has 2 unspecified atom stereocenters. The zero-order valence-electron chi connectivity index (χ0n) is 18.2. The number of benzene rings is 3. The lowest BCUT2D eigenvalue weighted by Gasteiger charge is -2.19. The van der Waals surface area contributed by atoms with E-state index in [1.807, 2.05) is 0 Å². The van der Waals surface area contributed by atoms with Crippen LogP contribution in [0.5, 0.6) is 0 Å². The van der Waals surface area contributed by atoms with Crippen LogP contribution in [0.1, 0.15) is 21.8 Å². The molecule has 10 heteroatoms. The molecule has 3 aromatic carbocycles. The quantitative estimate of drug-likeness (QED) is 0.206. The van der Waals surface area contributed by atoms with E-state index in [-0.39, 0.29) is 29.0 Å². The van der Waals surface area contributed by atoms with E-state index in [4.69, 9.17) is 34.8 Å². The smallest absolute Gasteiger partial charge is 0.259 e. The van der Waals surface area contributed by atoms with E-state index >= 15 is 0 Å². The van der Waals surface area contributed by atoms with Crippen LogP contribution in [-0.4, -0.2) is 29.0 Å². The van der Waals surface area contributed by atoms with Crippen LogP contribution in [0, 0.1) is 11.2 Å². The first-order valence-corrected chi connectivity index (χ1v) is 13.1. The Labute approximate surface area is 234 Å². The Balaban J connectivity index is 1.56. The number of hydrogen-bond donors (Lipinski definition) is 1. The highest BCUT2D eigenvalue weighted by Crippen LogP contribution is 2.75. The molecule has 0 aromatic heterocycles. The van der Waals surface area contributed by atoms with Gasteiger partial charge in [0.1, 0.15) is 15.3 Å². The van der Waals surface area contributed by atoms with Gasteiger partial charge in [-0.3, -0.25) is 4.79 Å². The third-order valence-electron chi connectivity index (χ3n) is 6.14. The molecule has 1 saturated carbocycles.